The molecule has 0 unspecified atom stereocenters. The highest BCUT2D eigenvalue weighted by atomic mass is 16.5. The summed E-state index contributed by atoms with van der Waals surface area (Å²) >= 11 is 0. The van der Waals surface area contributed by atoms with Crippen LogP contribution in [0, 0.1) is 23.7 Å². The predicted molar refractivity (Wildman–Crippen MR) is 110 cm³/mol. The van der Waals surface area contributed by atoms with Gasteiger partial charge < -0.3 is 9.84 Å². The molecule has 3 rings (SSSR count). The van der Waals surface area contributed by atoms with Crippen molar-refractivity contribution in [1.29, 1.82) is 0 Å². The molecule has 0 spiro atoms. The minimum Gasteiger partial charge on any atom is -0.481 e. The number of hydrogen-bond donors (Lipinski definition) is 1. The number of carbonyl (C=O) groups is 2. The lowest BCUT2D eigenvalue weighted by molar-refractivity contribution is -0.165. The van der Waals surface area contributed by atoms with Gasteiger partial charge in [0.15, 0.2) is 0 Å². The lowest BCUT2D eigenvalue weighted by Gasteiger charge is -2.47. The molecule has 1 N–H and O–H groups in total. The first-order chi connectivity index (χ1) is 13.4. The van der Waals surface area contributed by atoms with E-state index in [0.29, 0.717) is 11.3 Å². The summed E-state index contributed by atoms with van der Waals surface area (Å²) in [5, 5.41) is 11.6. The average molecular weight is 376 g/mol. The molecule has 1 aliphatic rings. The third-order valence-corrected chi connectivity index (χ3v) is 5.45. The molecule has 2 aromatic carbocycles. The Morgan fingerprint density at radius 2 is 1.75 bits per heavy atom. The second-order valence-corrected chi connectivity index (χ2v) is 7.16. The molecule has 1 saturated carbocycles. The van der Waals surface area contributed by atoms with Gasteiger partial charge in [0.05, 0.1) is 11.8 Å². The molecule has 0 saturated heterocycles. The molecule has 0 bridgehead atoms. The van der Waals surface area contributed by atoms with Gasteiger partial charge in [-0.3, -0.25) is 9.59 Å². The van der Waals surface area contributed by atoms with Crippen molar-refractivity contribution in [2.45, 2.75) is 13.8 Å². The van der Waals surface area contributed by atoms with Gasteiger partial charge >= 0.3 is 11.9 Å². The number of esters is 1. The van der Waals surface area contributed by atoms with Crippen LogP contribution in [0.5, 0.6) is 5.75 Å². The Morgan fingerprint density at radius 3 is 2.43 bits per heavy atom. The van der Waals surface area contributed by atoms with Gasteiger partial charge in [-0.15, -0.1) is 0 Å². The SMILES string of the molecule is C=C(/C=C\C=C/C)[C@@H]1[C@H](C(=O)O)[C@@H](C)[C@H]1C(=O)Oc1ccc2ccccc2c1. The van der Waals surface area contributed by atoms with Crippen molar-refractivity contribution in [3.63, 3.8) is 0 Å². The molecule has 0 amide bonds. The highest BCUT2D eigenvalue weighted by molar-refractivity contribution is 5.86. The third kappa shape index (κ3) is 3.77. The summed E-state index contributed by atoms with van der Waals surface area (Å²) < 4.78 is 5.62. The van der Waals surface area contributed by atoms with Gasteiger partial charge in [-0.05, 0) is 35.7 Å². The molecule has 0 radical (unpaired) electrons. The van der Waals surface area contributed by atoms with E-state index in [2.05, 4.69) is 6.58 Å². The lowest BCUT2D eigenvalue weighted by Crippen LogP contribution is -2.54. The zero-order valence-corrected chi connectivity index (χ0v) is 16.0. The van der Waals surface area contributed by atoms with Crippen molar-refractivity contribution >= 4 is 22.7 Å². The normalized spacial score (nSPS) is 24.4. The van der Waals surface area contributed by atoms with Gasteiger partial charge in [0.2, 0.25) is 0 Å². The Hall–Kier alpha value is -3.14. The summed E-state index contributed by atoms with van der Waals surface area (Å²) in [5.41, 5.74) is 0.629. The van der Waals surface area contributed by atoms with E-state index >= 15 is 0 Å². The molecule has 4 atom stereocenters. The second-order valence-electron chi connectivity index (χ2n) is 7.16. The number of ether oxygens (including phenoxy) is 1. The maximum absolute atomic E-state index is 12.9. The van der Waals surface area contributed by atoms with Crippen molar-refractivity contribution in [3.05, 3.63) is 78.9 Å². The molecule has 4 heteroatoms. The van der Waals surface area contributed by atoms with Crippen molar-refractivity contribution in [1.82, 2.24) is 0 Å². The summed E-state index contributed by atoms with van der Waals surface area (Å²) in [5.74, 6) is -2.82. The summed E-state index contributed by atoms with van der Waals surface area (Å²) in [6, 6.07) is 13.3. The second kappa shape index (κ2) is 8.26. The van der Waals surface area contributed by atoms with Crippen LogP contribution in [0.1, 0.15) is 13.8 Å². The third-order valence-electron chi connectivity index (χ3n) is 5.45. The Morgan fingerprint density at radius 1 is 1.04 bits per heavy atom. The van der Waals surface area contributed by atoms with E-state index in [1.54, 1.807) is 25.1 Å². The minimum atomic E-state index is -0.909. The summed E-state index contributed by atoms with van der Waals surface area (Å²) in [7, 11) is 0. The molecule has 2 aromatic rings. The molecule has 1 fully saturated rings. The van der Waals surface area contributed by atoms with Crippen molar-refractivity contribution in [3.8, 4) is 5.75 Å². The van der Waals surface area contributed by atoms with Crippen molar-refractivity contribution < 1.29 is 19.4 Å². The van der Waals surface area contributed by atoms with Gasteiger partial charge in [0.25, 0.3) is 0 Å². The van der Waals surface area contributed by atoms with Crippen LogP contribution in [0.25, 0.3) is 10.8 Å². The highest BCUT2D eigenvalue weighted by Gasteiger charge is 2.56. The number of benzene rings is 2. The van der Waals surface area contributed by atoms with Crippen LogP contribution in [-0.2, 0) is 9.59 Å². The monoisotopic (exact) mass is 376 g/mol. The first-order valence-corrected chi connectivity index (χ1v) is 9.35. The zero-order chi connectivity index (χ0) is 20.3. The summed E-state index contributed by atoms with van der Waals surface area (Å²) in [4.78, 5) is 24.5. The number of carboxylic acids is 1. The van der Waals surface area contributed by atoms with Gasteiger partial charge in [-0.2, -0.15) is 0 Å². The number of allylic oxidation sites excluding steroid dienone is 5. The van der Waals surface area contributed by atoms with Gasteiger partial charge in [0, 0.05) is 5.92 Å². The molecule has 0 aliphatic heterocycles. The summed E-state index contributed by atoms with van der Waals surface area (Å²) in [6.07, 6.45) is 7.28. The van der Waals surface area contributed by atoms with E-state index < -0.39 is 29.7 Å². The fourth-order valence-electron chi connectivity index (χ4n) is 3.97. The molecule has 4 nitrogen and oxygen atoms in total. The standard InChI is InChI=1S/C24H24O4/c1-4-5-6-9-15(2)20-21(23(25)26)16(3)22(20)24(27)28-19-13-12-17-10-7-8-11-18(17)14-19/h4-14,16,20-22H,2H2,1,3H3,(H,25,26)/b5-4-,9-6-/t16-,20-,21-,22-/m1/s1. The minimum absolute atomic E-state index is 0.317. The van der Waals surface area contributed by atoms with E-state index in [4.69, 9.17) is 4.74 Å². The van der Waals surface area contributed by atoms with Crippen LogP contribution in [0.4, 0.5) is 0 Å². The van der Waals surface area contributed by atoms with E-state index in [-0.39, 0.29) is 5.92 Å². The number of fused-ring (bicyclic) bond motifs is 1. The quantitative estimate of drug-likeness (QED) is 0.437. The lowest BCUT2D eigenvalue weighted by atomic mass is 9.55. The molecule has 0 aromatic heterocycles. The van der Waals surface area contributed by atoms with E-state index in [1.807, 2.05) is 55.5 Å². The van der Waals surface area contributed by atoms with E-state index in [1.165, 1.54) is 0 Å². The number of rotatable bonds is 6. The van der Waals surface area contributed by atoms with Crippen molar-refractivity contribution in [2.75, 3.05) is 0 Å². The van der Waals surface area contributed by atoms with Gasteiger partial charge in [-0.1, -0.05) is 73.7 Å². The van der Waals surface area contributed by atoms with E-state index in [9.17, 15) is 14.7 Å². The molecular weight excluding hydrogens is 352 g/mol. The Labute approximate surface area is 164 Å². The number of hydrogen-bond acceptors (Lipinski definition) is 3. The smallest absolute Gasteiger partial charge is 0.315 e. The Kier molecular flexibility index (Phi) is 5.78. The zero-order valence-electron chi connectivity index (χ0n) is 16.0. The van der Waals surface area contributed by atoms with Crippen LogP contribution in [0.2, 0.25) is 0 Å². The number of aliphatic carboxylic acids is 1. The first-order valence-electron chi connectivity index (χ1n) is 9.35. The van der Waals surface area contributed by atoms with E-state index in [0.717, 1.165) is 10.8 Å². The largest absolute Gasteiger partial charge is 0.481 e. The van der Waals surface area contributed by atoms with Crippen LogP contribution >= 0.6 is 0 Å². The highest BCUT2D eigenvalue weighted by Crippen LogP contribution is 2.50. The fourth-order valence-corrected chi connectivity index (χ4v) is 3.97. The molecule has 0 heterocycles. The van der Waals surface area contributed by atoms with Gasteiger partial charge in [-0.25, -0.2) is 0 Å². The van der Waals surface area contributed by atoms with Crippen molar-refractivity contribution in [2.24, 2.45) is 23.7 Å². The summed E-state index contributed by atoms with van der Waals surface area (Å²) in [6.45, 7) is 7.68. The molecule has 1 aliphatic carbocycles. The topological polar surface area (TPSA) is 63.6 Å². The van der Waals surface area contributed by atoms with Gasteiger partial charge in [0.1, 0.15) is 5.75 Å². The maximum atomic E-state index is 12.9. The molecular formula is C24H24O4. The number of carboxylic acid groups (broad SMARTS) is 1. The van der Waals surface area contributed by atoms with Crippen LogP contribution < -0.4 is 4.74 Å². The Bertz CT molecular complexity index is 969. The predicted octanol–water partition coefficient (Wildman–Crippen LogP) is 5.02. The Balaban J connectivity index is 1.81. The maximum Gasteiger partial charge on any atom is 0.315 e. The number of carbonyl (C=O) groups excluding carboxylic acids is 1. The van der Waals surface area contributed by atoms with Crippen LogP contribution in [-0.4, -0.2) is 17.0 Å². The first kappa shape index (κ1) is 19.6. The molecule has 28 heavy (non-hydrogen) atoms. The average Bonchev–Trinajstić information content (AvgIpc) is 2.65. The molecule has 144 valence electrons. The van der Waals surface area contributed by atoms with Crippen LogP contribution in [0.3, 0.4) is 0 Å². The van der Waals surface area contributed by atoms with Crippen LogP contribution in [0.15, 0.2) is 78.9 Å². The fraction of sp³-hybridized carbons (Fsp3) is 0.250.